The van der Waals surface area contributed by atoms with E-state index in [4.69, 9.17) is 4.52 Å². The average molecular weight is 558 g/mol. The molecule has 0 radical (unpaired) electrons. The zero-order chi connectivity index (χ0) is 28.8. The highest BCUT2D eigenvalue weighted by molar-refractivity contribution is 6.03. The lowest BCUT2D eigenvalue weighted by Crippen LogP contribution is -2.66. The molecule has 1 N–H and O–H groups in total. The van der Waals surface area contributed by atoms with Crippen molar-refractivity contribution in [2.45, 2.75) is 44.8 Å². The van der Waals surface area contributed by atoms with E-state index in [1.54, 1.807) is 19.9 Å². The smallest absolute Gasteiger partial charge is 0.337 e. The van der Waals surface area contributed by atoms with E-state index >= 15 is 0 Å². The van der Waals surface area contributed by atoms with Crippen molar-refractivity contribution in [1.29, 1.82) is 0 Å². The monoisotopic (exact) mass is 558 g/mol. The Morgan fingerprint density at radius 1 is 1.18 bits per heavy atom. The minimum absolute atomic E-state index is 0.0757. The van der Waals surface area contributed by atoms with E-state index in [0.717, 1.165) is 17.3 Å². The molecular weight excluding hydrogens is 537 g/mol. The van der Waals surface area contributed by atoms with E-state index in [0.29, 0.717) is 5.82 Å². The summed E-state index contributed by atoms with van der Waals surface area (Å²) in [4.78, 5) is 62.3. The molecule has 0 aromatic carbocycles. The summed E-state index contributed by atoms with van der Waals surface area (Å²) >= 11 is 0. The van der Waals surface area contributed by atoms with Gasteiger partial charge in [-0.15, -0.1) is 0 Å². The van der Waals surface area contributed by atoms with Crippen LogP contribution in [0.4, 0.5) is 23.8 Å². The molecule has 3 aromatic heterocycles. The summed E-state index contributed by atoms with van der Waals surface area (Å²) in [6.45, 7) is 2.90. The molecule has 5 heterocycles. The average Bonchev–Trinajstić information content (AvgIpc) is 3.55. The van der Waals surface area contributed by atoms with E-state index in [1.807, 2.05) is 0 Å². The van der Waals surface area contributed by atoms with Crippen LogP contribution in [-0.2, 0) is 22.3 Å². The van der Waals surface area contributed by atoms with Crippen molar-refractivity contribution in [3.8, 4) is 11.3 Å². The van der Waals surface area contributed by atoms with Gasteiger partial charge in [0.15, 0.2) is 18.0 Å². The second kappa shape index (κ2) is 9.97. The van der Waals surface area contributed by atoms with Crippen LogP contribution in [0, 0.1) is 6.92 Å². The third-order valence-electron chi connectivity index (χ3n) is 6.30. The largest absolute Gasteiger partial charge is 0.451 e. The fraction of sp³-hybridized carbons (Fsp3) is 0.348. The number of nitrogens with zero attached hydrogens (tertiary/aromatic N) is 9. The van der Waals surface area contributed by atoms with Crippen LogP contribution in [0.5, 0.6) is 0 Å². The fourth-order valence-electron chi connectivity index (χ4n) is 4.24. The number of urea groups is 1. The van der Waals surface area contributed by atoms with Crippen LogP contribution in [0.3, 0.4) is 0 Å². The van der Waals surface area contributed by atoms with Crippen molar-refractivity contribution in [1.82, 2.24) is 39.8 Å². The van der Waals surface area contributed by atoms with Crippen LogP contribution in [0.15, 0.2) is 40.1 Å². The lowest BCUT2D eigenvalue weighted by atomic mass is 10.1. The number of alkyl halides is 3. The van der Waals surface area contributed by atoms with Gasteiger partial charge in [-0.1, -0.05) is 11.2 Å². The van der Waals surface area contributed by atoms with Crippen LogP contribution in [0.1, 0.15) is 24.5 Å². The Hall–Kier alpha value is -4.96. The molecule has 0 saturated carbocycles. The highest BCUT2D eigenvalue weighted by Gasteiger charge is 2.51. The quantitative estimate of drug-likeness (QED) is 0.471. The number of nitrogens with one attached hydrogen (secondary N) is 1. The number of aryl methyl sites for hydroxylation is 1. The number of halogens is 3. The zero-order valence-corrected chi connectivity index (χ0v) is 21.2. The Morgan fingerprint density at radius 2 is 1.90 bits per heavy atom. The Balaban J connectivity index is 1.30. The molecule has 0 bridgehead atoms. The number of hydrogen-bond acceptors (Lipinski definition) is 11. The molecule has 5 rings (SSSR count). The minimum Gasteiger partial charge on any atom is -0.337 e. The van der Waals surface area contributed by atoms with Crippen molar-refractivity contribution in [2.24, 2.45) is 4.99 Å². The first kappa shape index (κ1) is 26.6. The van der Waals surface area contributed by atoms with Gasteiger partial charge in [0.1, 0.15) is 18.4 Å². The number of carbonyl (C=O) groups is 3. The second-order valence-corrected chi connectivity index (χ2v) is 8.99. The Bertz CT molecular complexity index is 1490. The van der Waals surface area contributed by atoms with Crippen molar-refractivity contribution in [3.05, 3.63) is 48.1 Å². The number of amides is 4. The molecule has 3 atom stereocenters. The van der Waals surface area contributed by atoms with Crippen LogP contribution in [-0.4, -0.2) is 89.3 Å². The van der Waals surface area contributed by atoms with Gasteiger partial charge >= 0.3 is 12.2 Å². The van der Waals surface area contributed by atoms with E-state index in [9.17, 15) is 27.6 Å². The number of anilines is 1. The van der Waals surface area contributed by atoms with E-state index in [2.05, 4.69) is 35.4 Å². The van der Waals surface area contributed by atoms with Crippen molar-refractivity contribution in [3.63, 3.8) is 0 Å². The van der Waals surface area contributed by atoms with E-state index < -0.39 is 48.1 Å². The molecule has 3 aromatic rings. The second-order valence-electron chi connectivity index (χ2n) is 8.99. The maximum Gasteiger partial charge on any atom is 0.451 e. The molecule has 14 nitrogen and oxygen atoms in total. The Labute approximate surface area is 223 Å². The third-order valence-corrected chi connectivity index (χ3v) is 6.30. The predicted molar refractivity (Wildman–Crippen MR) is 129 cm³/mol. The molecule has 2 aliphatic heterocycles. The van der Waals surface area contributed by atoms with Crippen LogP contribution >= 0.6 is 0 Å². The first-order valence-corrected chi connectivity index (χ1v) is 11.8. The van der Waals surface area contributed by atoms with E-state index in [-0.39, 0.29) is 29.5 Å². The van der Waals surface area contributed by atoms with Crippen LogP contribution < -0.4 is 5.32 Å². The highest BCUT2D eigenvalue weighted by atomic mass is 19.4. The van der Waals surface area contributed by atoms with Gasteiger partial charge in [-0.25, -0.2) is 24.7 Å². The number of hydrogen-bond donors (Lipinski definition) is 1. The fourth-order valence-corrected chi connectivity index (χ4v) is 4.24. The van der Waals surface area contributed by atoms with Gasteiger partial charge in [-0.3, -0.25) is 14.5 Å². The van der Waals surface area contributed by atoms with Gasteiger partial charge in [0.25, 0.3) is 5.91 Å². The third kappa shape index (κ3) is 4.92. The number of fused-ring (bicyclic) bond motifs is 1. The first-order chi connectivity index (χ1) is 18.9. The SMILES string of the molecule is Cc1noc(CN2C(=O)C3C(N=CN3[C@@H](C)C(=O)Nc3cccc(-c4cnc(C(F)(F)F)nc4)n3)N(C)C2=O)n1. The molecule has 2 unspecified atom stereocenters. The predicted octanol–water partition coefficient (Wildman–Crippen LogP) is 1.71. The molecule has 0 spiro atoms. The molecule has 0 aliphatic carbocycles. The number of carbonyl (C=O) groups excluding carboxylic acids is 3. The number of imide groups is 1. The van der Waals surface area contributed by atoms with Gasteiger partial charge in [0.2, 0.25) is 17.6 Å². The summed E-state index contributed by atoms with van der Waals surface area (Å²) in [5, 5.41) is 6.30. The minimum atomic E-state index is -4.68. The van der Waals surface area contributed by atoms with Crippen LogP contribution in [0.2, 0.25) is 0 Å². The lowest BCUT2D eigenvalue weighted by Gasteiger charge is -2.41. The summed E-state index contributed by atoms with van der Waals surface area (Å²) in [6.07, 6.45) is -2.22. The Morgan fingerprint density at radius 3 is 2.55 bits per heavy atom. The lowest BCUT2D eigenvalue weighted by molar-refractivity contribution is -0.145. The van der Waals surface area contributed by atoms with Gasteiger partial charge in [0, 0.05) is 25.0 Å². The molecule has 4 amide bonds. The summed E-state index contributed by atoms with van der Waals surface area (Å²) in [7, 11) is 1.49. The number of pyridine rings is 1. The van der Waals surface area contributed by atoms with Gasteiger partial charge in [-0.2, -0.15) is 18.2 Å². The summed E-state index contributed by atoms with van der Waals surface area (Å²) in [6, 6.07) is 2.04. The normalized spacial score (nSPS) is 19.7. The maximum absolute atomic E-state index is 13.4. The van der Waals surface area contributed by atoms with Gasteiger partial charge in [-0.05, 0) is 26.0 Å². The number of likely N-dealkylation sites (N-methyl/N-ethyl adjacent to an activating group) is 1. The summed E-state index contributed by atoms with van der Waals surface area (Å²) in [5.41, 5.74) is 0.445. The number of aromatic nitrogens is 5. The zero-order valence-electron chi connectivity index (χ0n) is 21.2. The van der Waals surface area contributed by atoms with Crippen molar-refractivity contribution in [2.75, 3.05) is 12.4 Å². The van der Waals surface area contributed by atoms with Crippen molar-refractivity contribution < 1.29 is 32.1 Å². The molecular formula is C23H21F3N10O4. The van der Waals surface area contributed by atoms with Gasteiger partial charge < -0.3 is 19.6 Å². The standard InChI is InChI=1S/C23H21F3N10O4/c1-11(19(37)32-15-6-4-5-14(31-15)13-7-27-21(28-8-13)23(24,25)26)36-10-29-18-17(36)20(38)35(22(39)34(18)3)9-16-30-12(2)33-40-16/h4-8,10-11,17-18H,9H2,1-3H3,(H,31,32,37)/t11-,17?,18?/m0/s1. The maximum atomic E-state index is 13.4. The molecule has 2 aliphatic rings. The topological polar surface area (TPSA) is 163 Å². The van der Waals surface area contributed by atoms with Gasteiger partial charge in [0.05, 0.1) is 12.0 Å². The van der Waals surface area contributed by atoms with Crippen molar-refractivity contribution >= 4 is 30.0 Å². The molecule has 1 saturated heterocycles. The van der Waals surface area contributed by atoms with Crippen LogP contribution in [0.25, 0.3) is 11.3 Å². The summed E-state index contributed by atoms with van der Waals surface area (Å²) in [5.74, 6) is -1.90. The molecule has 40 heavy (non-hydrogen) atoms. The molecule has 208 valence electrons. The first-order valence-electron chi connectivity index (χ1n) is 11.8. The highest BCUT2D eigenvalue weighted by Crippen LogP contribution is 2.29. The number of rotatable bonds is 6. The molecule has 1 fully saturated rings. The summed E-state index contributed by atoms with van der Waals surface area (Å²) < 4.78 is 43.4. The van der Waals surface area contributed by atoms with E-state index in [1.165, 1.54) is 35.3 Å². The Kier molecular flexibility index (Phi) is 6.64. The molecule has 17 heteroatoms. The number of aliphatic imine (C=N–C) groups is 1.